The van der Waals surface area contributed by atoms with Crippen molar-refractivity contribution in [2.75, 3.05) is 13.0 Å². The molecule has 0 aliphatic carbocycles. The number of ether oxygens (including phenoxy) is 1. The molecular formula is C9H7ClI2O2. The monoisotopic (exact) mass is 436 g/mol. The molecule has 0 fully saturated rings. The van der Waals surface area contributed by atoms with Gasteiger partial charge in [0.05, 0.1) is 13.0 Å². The van der Waals surface area contributed by atoms with Crippen molar-refractivity contribution in [1.82, 2.24) is 0 Å². The third-order valence-corrected chi connectivity index (χ3v) is 3.60. The number of halogens is 3. The van der Waals surface area contributed by atoms with Crippen LogP contribution in [0.25, 0.3) is 0 Å². The molecule has 14 heavy (non-hydrogen) atoms. The van der Waals surface area contributed by atoms with E-state index in [-0.39, 0.29) is 11.7 Å². The molecule has 0 saturated heterocycles. The second-order valence-electron chi connectivity index (χ2n) is 2.52. The quantitative estimate of drug-likeness (QED) is 0.413. The van der Waals surface area contributed by atoms with Crippen molar-refractivity contribution in [1.29, 1.82) is 0 Å². The lowest BCUT2D eigenvalue weighted by atomic mass is 10.1. The highest BCUT2D eigenvalue weighted by Gasteiger charge is 2.14. The van der Waals surface area contributed by atoms with Gasteiger partial charge in [0.2, 0.25) is 0 Å². The van der Waals surface area contributed by atoms with E-state index in [4.69, 9.17) is 16.3 Å². The van der Waals surface area contributed by atoms with Crippen LogP contribution in [0.5, 0.6) is 5.75 Å². The van der Waals surface area contributed by atoms with Crippen LogP contribution in [0, 0.1) is 7.14 Å². The average molecular weight is 436 g/mol. The number of carbonyl (C=O) groups excluding carboxylic acids is 1. The van der Waals surface area contributed by atoms with Crippen LogP contribution in [0.2, 0.25) is 0 Å². The van der Waals surface area contributed by atoms with E-state index in [1.54, 1.807) is 7.11 Å². The van der Waals surface area contributed by atoms with Crippen molar-refractivity contribution in [3.63, 3.8) is 0 Å². The highest BCUT2D eigenvalue weighted by molar-refractivity contribution is 14.1. The van der Waals surface area contributed by atoms with Gasteiger partial charge in [0.25, 0.3) is 0 Å². The van der Waals surface area contributed by atoms with Crippen LogP contribution >= 0.6 is 56.8 Å². The molecule has 2 nitrogen and oxygen atoms in total. The predicted molar refractivity (Wildman–Crippen MR) is 73.5 cm³/mol. The molecule has 0 radical (unpaired) electrons. The van der Waals surface area contributed by atoms with Crippen molar-refractivity contribution < 1.29 is 9.53 Å². The zero-order chi connectivity index (χ0) is 10.7. The summed E-state index contributed by atoms with van der Waals surface area (Å²) in [5.41, 5.74) is 0.682. The van der Waals surface area contributed by atoms with Gasteiger partial charge in [-0.2, -0.15) is 0 Å². The second-order valence-corrected chi connectivity index (χ2v) is 5.11. The van der Waals surface area contributed by atoms with Crippen molar-refractivity contribution in [2.24, 2.45) is 0 Å². The Morgan fingerprint density at radius 1 is 1.43 bits per heavy atom. The van der Waals surface area contributed by atoms with Gasteiger partial charge in [-0.3, -0.25) is 4.79 Å². The number of benzene rings is 1. The fourth-order valence-corrected chi connectivity index (χ4v) is 3.45. The molecule has 0 atom stereocenters. The Hall–Kier alpha value is 0.440. The van der Waals surface area contributed by atoms with Gasteiger partial charge in [0, 0.05) is 12.7 Å². The number of methoxy groups -OCH3 is 1. The number of alkyl halides is 1. The SMILES string of the molecule is COc1cc(I)c(C(=O)CCl)c(I)c1. The van der Waals surface area contributed by atoms with E-state index in [1.165, 1.54) is 0 Å². The van der Waals surface area contributed by atoms with Gasteiger partial charge in [-0.1, -0.05) is 0 Å². The lowest BCUT2D eigenvalue weighted by Crippen LogP contribution is -2.06. The number of ketones is 1. The molecular weight excluding hydrogens is 429 g/mol. The maximum atomic E-state index is 11.5. The van der Waals surface area contributed by atoms with E-state index in [0.29, 0.717) is 5.56 Å². The van der Waals surface area contributed by atoms with E-state index in [2.05, 4.69) is 45.2 Å². The number of hydrogen-bond donors (Lipinski definition) is 0. The predicted octanol–water partition coefficient (Wildman–Crippen LogP) is 3.33. The first-order chi connectivity index (χ1) is 6.60. The molecule has 0 bridgehead atoms. The minimum Gasteiger partial charge on any atom is -0.497 e. The minimum atomic E-state index is -0.0527. The van der Waals surface area contributed by atoms with Gasteiger partial charge in [-0.25, -0.2) is 0 Å². The van der Waals surface area contributed by atoms with Gasteiger partial charge in [0.15, 0.2) is 5.78 Å². The molecule has 0 aliphatic rings. The Morgan fingerprint density at radius 3 is 2.29 bits per heavy atom. The van der Waals surface area contributed by atoms with Crippen molar-refractivity contribution in [2.45, 2.75) is 0 Å². The maximum Gasteiger partial charge on any atom is 0.179 e. The largest absolute Gasteiger partial charge is 0.497 e. The summed E-state index contributed by atoms with van der Waals surface area (Å²) in [5.74, 6) is 0.714. The fraction of sp³-hybridized carbons (Fsp3) is 0.222. The lowest BCUT2D eigenvalue weighted by Gasteiger charge is -2.07. The molecule has 5 heteroatoms. The number of Topliss-reactive ketones (excluding diaryl/α,β-unsaturated/α-hetero) is 1. The summed E-state index contributed by atoms with van der Waals surface area (Å²) in [6.45, 7) is 0. The van der Waals surface area contributed by atoms with E-state index in [0.717, 1.165) is 12.9 Å². The Labute approximate surface area is 115 Å². The smallest absolute Gasteiger partial charge is 0.179 e. The number of rotatable bonds is 3. The van der Waals surface area contributed by atoms with Gasteiger partial charge >= 0.3 is 0 Å². The first-order valence-corrected chi connectivity index (χ1v) is 6.41. The van der Waals surface area contributed by atoms with Crippen molar-refractivity contribution >= 4 is 62.6 Å². The Kier molecular flexibility index (Phi) is 4.92. The standard InChI is InChI=1S/C9H7ClI2O2/c1-14-5-2-6(11)9(7(12)3-5)8(13)4-10/h2-3H,4H2,1H3. The topological polar surface area (TPSA) is 26.3 Å². The van der Waals surface area contributed by atoms with E-state index in [1.807, 2.05) is 12.1 Å². The molecule has 0 aromatic heterocycles. The highest BCUT2D eigenvalue weighted by Crippen LogP contribution is 2.26. The van der Waals surface area contributed by atoms with Crippen LogP contribution in [0.3, 0.4) is 0 Å². The maximum absolute atomic E-state index is 11.5. The molecule has 1 aromatic carbocycles. The van der Waals surface area contributed by atoms with E-state index < -0.39 is 0 Å². The minimum absolute atomic E-state index is 0.0122. The fourth-order valence-electron chi connectivity index (χ4n) is 1.00. The van der Waals surface area contributed by atoms with Crippen LogP contribution in [0.15, 0.2) is 12.1 Å². The summed E-state index contributed by atoms with van der Waals surface area (Å²) in [4.78, 5) is 11.5. The average Bonchev–Trinajstić information content (AvgIpc) is 2.16. The van der Waals surface area contributed by atoms with Crippen LogP contribution in [-0.4, -0.2) is 18.8 Å². The summed E-state index contributed by atoms with van der Waals surface area (Å²) >= 11 is 9.74. The van der Waals surface area contributed by atoms with Crippen molar-refractivity contribution in [3.8, 4) is 5.75 Å². The molecule has 0 N–H and O–H groups in total. The van der Waals surface area contributed by atoms with Crippen molar-refractivity contribution in [3.05, 3.63) is 24.8 Å². The molecule has 1 aromatic rings. The molecule has 0 saturated carbocycles. The third-order valence-electron chi connectivity index (χ3n) is 1.65. The lowest BCUT2D eigenvalue weighted by molar-refractivity contribution is 0.101. The van der Waals surface area contributed by atoms with Gasteiger partial charge < -0.3 is 4.74 Å². The molecule has 0 spiro atoms. The molecule has 76 valence electrons. The normalized spacial score (nSPS) is 10.0. The van der Waals surface area contributed by atoms with Crippen LogP contribution in [0.4, 0.5) is 0 Å². The summed E-state index contributed by atoms with van der Waals surface area (Å²) in [5, 5.41) is 0. The Balaban J connectivity index is 3.25. The summed E-state index contributed by atoms with van der Waals surface area (Å²) < 4.78 is 6.83. The second kappa shape index (κ2) is 5.50. The van der Waals surface area contributed by atoms with Gasteiger partial charge in [-0.05, 0) is 57.3 Å². The molecule has 1 rings (SSSR count). The van der Waals surface area contributed by atoms with Crippen LogP contribution in [-0.2, 0) is 0 Å². The van der Waals surface area contributed by atoms with Crippen LogP contribution in [0.1, 0.15) is 10.4 Å². The van der Waals surface area contributed by atoms with E-state index >= 15 is 0 Å². The van der Waals surface area contributed by atoms with Gasteiger partial charge in [0.1, 0.15) is 5.75 Å². The third kappa shape index (κ3) is 2.73. The first-order valence-electron chi connectivity index (χ1n) is 3.72. The first kappa shape index (κ1) is 12.5. The summed E-state index contributed by atoms with van der Waals surface area (Å²) in [7, 11) is 1.60. The van der Waals surface area contributed by atoms with Crippen LogP contribution < -0.4 is 4.74 Å². The summed E-state index contributed by atoms with van der Waals surface area (Å²) in [6, 6.07) is 3.64. The molecule has 0 unspecified atom stereocenters. The number of carbonyl (C=O) groups is 1. The van der Waals surface area contributed by atoms with Gasteiger partial charge in [-0.15, -0.1) is 11.6 Å². The molecule has 0 amide bonds. The Morgan fingerprint density at radius 2 is 1.93 bits per heavy atom. The highest BCUT2D eigenvalue weighted by atomic mass is 127. The number of hydrogen-bond acceptors (Lipinski definition) is 2. The summed E-state index contributed by atoms with van der Waals surface area (Å²) in [6.07, 6.45) is 0. The zero-order valence-electron chi connectivity index (χ0n) is 7.31. The zero-order valence-corrected chi connectivity index (χ0v) is 12.4. The Bertz CT molecular complexity index is 343. The molecule has 0 heterocycles. The van der Waals surface area contributed by atoms with E-state index in [9.17, 15) is 4.79 Å². The molecule has 0 aliphatic heterocycles.